The first-order valence-corrected chi connectivity index (χ1v) is 6.12. The number of nitro groups is 1. The summed E-state index contributed by atoms with van der Waals surface area (Å²) in [7, 11) is 0. The summed E-state index contributed by atoms with van der Waals surface area (Å²) >= 11 is 1.90. The van der Waals surface area contributed by atoms with Crippen LogP contribution >= 0.6 is 22.6 Å². The summed E-state index contributed by atoms with van der Waals surface area (Å²) in [5, 5.41) is 13.6. The van der Waals surface area contributed by atoms with Gasteiger partial charge < -0.3 is 15.8 Å². The number of nitro benzene ring substituents is 1. The molecule has 0 saturated carbocycles. The minimum absolute atomic E-state index is 0.0751. The van der Waals surface area contributed by atoms with Crippen molar-refractivity contribution in [1.29, 1.82) is 0 Å². The van der Waals surface area contributed by atoms with Crippen molar-refractivity contribution in [2.24, 2.45) is 5.73 Å². The Morgan fingerprint density at radius 3 is 2.83 bits per heavy atom. The second-order valence-corrected chi connectivity index (χ2v) is 4.53. The SMILES string of the molecule is NC(=O)COCCNc1ccc([N+](=O)[O-])c(I)c1. The molecule has 0 bridgehead atoms. The van der Waals surface area contributed by atoms with Crippen LogP contribution in [0.4, 0.5) is 11.4 Å². The van der Waals surface area contributed by atoms with E-state index in [4.69, 9.17) is 10.5 Å². The maximum atomic E-state index is 10.6. The third kappa shape index (κ3) is 4.84. The lowest BCUT2D eigenvalue weighted by Crippen LogP contribution is -2.20. The van der Waals surface area contributed by atoms with Crippen LogP contribution in [0, 0.1) is 13.7 Å². The minimum atomic E-state index is -0.514. The summed E-state index contributed by atoms with van der Waals surface area (Å²) in [6, 6.07) is 4.73. The quantitative estimate of drug-likeness (QED) is 0.326. The molecule has 0 heterocycles. The number of benzene rings is 1. The Morgan fingerprint density at radius 1 is 1.56 bits per heavy atom. The number of ether oxygens (including phenoxy) is 1. The van der Waals surface area contributed by atoms with Gasteiger partial charge in [0.2, 0.25) is 5.91 Å². The van der Waals surface area contributed by atoms with Gasteiger partial charge in [0.05, 0.1) is 15.1 Å². The van der Waals surface area contributed by atoms with E-state index in [1.807, 2.05) is 22.6 Å². The third-order valence-corrected chi connectivity index (χ3v) is 2.83. The predicted molar refractivity (Wildman–Crippen MR) is 74.3 cm³/mol. The number of amides is 1. The molecule has 0 spiro atoms. The standard InChI is InChI=1S/C10H12IN3O4/c11-8-5-7(1-2-9(8)14(16)17)13-3-4-18-6-10(12)15/h1-2,5,13H,3-4,6H2,(H2,12,15). The van der Waals surface area contributed by atoms with Gasteiger partial charge in [-0.15, -0.1) is 0 Å². The first-order chi connectivity index (χ1) is 8.50. The first-order valence-electron chi connectivity index (χ1n) is 5.04. The monoisotopic (exact) mass is 365 g/mol. The molecule has 18 heavy (non-hydrogen) atoms. The zero-order valence-electron chi connectivity index (χ0n) is 9.39. The molecule has 0 radical (unpaired) electrons. The normalized spacial score (nSPS) is 10.1. The van der Waals surface area contributed by atoms with Crippen molar-refractivity contribution in [1.82, 2.24) is 0 Å². The lowest BCUT2D eigenvalue weighted by molar-refractivity contribution is -0.385. The largest absolute Gasteiger partial charge is 0.383 e. The van der Waals surface area contributed by atoms with Crippen molar-refractivity contribution in [3.63, 3.8) is 0 Å². The highest BCUT2D eigenvalue weighted by atomic mass is 127. The van der Waals surface area contributed by atoms with Crippen LogP contribution in [-0.4, -0.2) is 30.6 Å². The summed E-state index contributed by atoms with van der Waals surface area (Å²) in [5.74, 6) is -0.514. The Labute approximate surface area is 117 Å². The summed E-state index contributed by atoms with van der Waals surface area (Å²) in [6.07, 6.45) is 0. The maximum Gasteiger partial charge on any atom is 0.282 e. The lowest BCUT2D eigenvalue weighted by atomic mass is 10.3. The molecule has 0 atom stereocenters. The highest BCUT2D eigenvalue weighted by Crippen LogP contribution is 2.23. The maximum absolute atomic E-state index is 10.6. The molecule has 8 heteroatoms. The van der Waals surface area contributed by atoms with Crippen molar-refractivity contribution < 1.29 is 14.5 Å². The number of nitrogens with zero attached hydrogens (tertiary/aromatic N) is 1. The Morgan fingerprint density at radius 2 is 2.28 bits per heavy atom. The van der Waals surface area contributed by atoms with Crippen LogP contribution in [0.2, 0.25) is 0 Å². The van der Waals surface area contributed by atoms with E-state index >= 15 is 0 Å². The molecule has 1 rings (SSSR count). The fourth-order valence-electron chi connectivity index (χ4n) is 1.21. The molecule has 7 nitrogen and oxygen atoms in total. The van der Waals surface area contributed by atoms with Gasteiger partial charge in [-0.05, 0) is 34.7 Å². The number of carbonyl (C=O) groups is 1. The number of anilines is 1. The van der Waals surface area contributed by atoms with Gasteiger partial charge in [0, 0.05) is 18.3 Å². The summed E-state index contributed by atoms with van der Waals surface area (Å²) in [4.78, 5) is 20.6. The van der Waals surface area contributed by atoms with Crippen LogP contribution in [0.5, 0.6) is 0 Å². The molecule has 1 aromatic rings. The van der Waals surface area contributed by atoms with Crippen molar-refractivity contribution in [3.8, 4) is 0 Å². The second kappa shape index (κ2) is 7.11. The molecule has 0 fully saturated rings. The molecule has 0 unspecified atom stereocenters. The molecule has 1 amide bonds. The number of hydrogen-bond acceptors (Lipinski definition) is 5. The van der Waals surface area contributed by atoms with E-state index in [1.165, 1.54) is 6.07 Å². The van der Waals surface area contributed by atoms with Gasteiger partial charge in [0.1, 0.15) is 6.61 Å². The smallest absolute Gasteiger partial charge is 0.282 e. The first kappa shape index (κ1) is 14.6. The van der Waals surface area contributed by atoms with E-state index < -0.39 is 10.8 Å². The van der Waals surface area contributed by atoms with Crippen LogP contribution in [0.3, 0.4) is 0 Å². The van der Waals surface area contributed by atoms with Crippen LogP contribution < -0.4 is 11.1 Å². The van der Waals surface area contributed by atoms with E-state index in [0.29, 0.717) is 16.7 Å². The lowest BCUT2D eigenvalue weighted by Gasteiger charge is -2.07. The third-order valence-electron chi connectivity index (χ3n) is 1.96. The average Bonchev–Trinajstić information content (AvgIpc) is 2.27. The van der Waals surface area contributed by atoms with Gasteiger partial charge in [0.25, 0.3) is 5.69 Å². The van der Waals surface area contributed by atoms with Crippen molar-refractivity contribution in [2.45, 2.75) is 0 Å². The Hall–Kier alpha value is -1.42. The van der Waals surface area contributed by atoms with Crippen LogP contribution in [-0.2, 0) is 9.53 Å². The summed E-state index contributed by atoms with van der Waals surface area (Å²) in [6.45, 7) is 0.706. The van der Waals surface area contributed by atoms with Gasteiger partial charge in [-0.1, -0.05) is 0 Å². The second-order valence-electron chi connectivity index (χ2n) is 3.37. The molecule has 0 aliphatic rings. The molecular formula is C10H12IN3O4. The molecule has 0 aliphatic heterocycles. The van der Waals surface area contributed by atoms with Crippen LogP contribution in [0.25, 0.3) is 0 Å². The number of carbonyl (C=O) groups excluding carboxylic acids is 1. The zero-order valence-corrected chi connectivity index (χ0v) is 11.5. The van der Waals surface area contributed by atoms with Crippen molar-refractivity contribution >= 4 is 39.9 Å². The van der Waals surface area contributed by atoms with Gasteiger partial charge in [-0.3, -0.25) is 14.9 Å². The molecule has 0 saturated heterocycles. The molecule has 1 aromatic carbocycles. The van der Waals surface area contributed by atoms with Gasteiger partial charge in [0.15, 0.2) is 0 Å². The van der Waals surface area contributed by atoms with Gasteiger partial charge in [-0.25, -0.2) is 0 Å². The fraction of sp³-hybridized carbons (Fsp3) is 0.300. The number of primary amides is 1. The Bertz CT molecular complexity index is 453. The topological polar surface area (TPSA) is 107 Å². The molecule has 0 aromatic heterocycles. The van der Waals surface area contributed by atoms with Crippen molar-refractivity contribution in [3.05, 3.63) is 31.9 Å². The number of nitrogens with one attached hydrogen (secondary N) is 1. The number of rotatable bonds is 7. The molecular weight excluding hydrogens is 353 g/mol. The van der Waals surface area contributed by atoms with E-state index in [9.17, 15) is 14.9 Å². The number of hydrogen-bond donors (Lipinski definition) is 2. The van der Waals surface area contributed by atoms with E-state index in [1.54, 1.807) is 12.1 Å². The van der Waals surface area contributed by atoms with Crippen LogP contribution in [0.1, 0.15) is 0 Å². The van der Waals surface area contributed by atoms with E-state index in [-0.39, 0.29) is 12.3 Å². The number of nitrogens with two attached hydrogens (primary N) is 1. The Kier molecular flexibility index (Phi) is 5.78. The van der Waals surface area contributed by atoms with Crippen molar-refractivity contribution in [2.75, 3.05) is 25.1 Å². The Balaban J connectivity index is 2.42. The van der Waals surface area contributed by atoms with E-state index in [2.05, 4.69) is 5.32 Å². The minimum Gasteiger partial charge on any atom is -0.383 e. The summed E-state index contributed by atoms with van der Waals surface area (Å²) < 4.78 is 5.52. The zero-order chi connectivity index (χ0) is 13.5. The predicted octanol–water partition coefficient (Wildman–Crippen LogP) is 1.11. The van der Waals surface area contributed by atoms with Gasteiger partial charge in [-0.2, -0.15) is 0 Å². The molecule has 98 valence electrons. The van der Waals surface area contributed by atoms with E-state index in [0.717, 1.165) is 5.69 Å². The molecule has 0 aliphatic carbocycles. The van der Waals surface area contributed by atoms with Crippen LogP contribution in [0.15, 0.2) is 18.2 Å². The molecule has 3 N–H and O–H groups in total. The average molecular weight is 365 g/mol. The fourth-order valence-corrected chi connectivity index (χ4v) is 1.92. The van der Waals surface area contributed by atoms with Gasteiger partial charge >= 0.3 is 0 Å². The highest BCUT2D eigenvalue weighted by Gasteiger charge is 2.11. The highest BCUT2D eigenvalue weighted by molar-refractivity contribution is 14.1. The summed E-state index contributed by atoms with van der Waals surface area (Å²) in [5.41, 5.74) is 5.73. The number of halogens is 1.